The van der Waals surface area contributed by atoms with Crippen molar-refractivity contribution in [2.75, 3.05) is 61.4 Å². The number of thioether (sulfide) groups is 1. The summed E-state index contributed by atoms with van der Waals surface area (Å²) in [6, 6.07) is 17.0. The number of anilines is 2. The second-order valence-electron chi connectivity index (χ2n) is 10.1. The number of rotatable bonds is 6. The van der Waals surface area contributed by atoms with E-state index in [1.54, 1.807) is 30.3 Å². The highest BCUT2D eigenvalue weighted by Gasteiger charge is 2.29. The van der Waals surface area contributed by atoms with Crippen LogP contribution in [0.4, 0.5) is 11.5 Å². The number of aromatic nitrogens is 2. The number of hydrogen-bond acceptors (Lipinski definition) is 7. The monoisotopic (exact) mass is 598 g/mol. The van der Waals surface area contributed by atoms with Gasteiger partial charge >= 0.3 is 0 Å². The summed E-state index contributed by atoms with van der Waals surface area (Å²) in [5, 5.41) is 1.41. The molecule has 2 amide bonds. The molecule has 1 unspecified atom stereocenters. The zero-order valence-corrected chi connectivity index (χ0v) is 24.9. The Bertz CT molecular complexity index is 1370. The van der Waals surface area contributed by atoms with Crippen LogP contribution in [0.1, 0.15) is 22.8 Å². The third-order valence-electron chi connectivity index (χ3n) is 7.38. The number of carbonyl (C=O) groups is 2. The van der Waals surface area contributed by atoms with Gasteiger partial charge in [-0.1, -0.05) is 53.2 Å². The minimum absolute atomic E-state index is 0.0148. The maximum absolute atomic E-state index is 13.0. The van der Waals surface area contributed by atoms with E-state index in [0.717, 1.165) is 13.1 Å². The topological polar surface area (TPSA) is 72.9 Å². The van der Waals surface area contributed by atoms with Gasteiger partial charge in [0.05, 0.1) is 5.75 Å². The number of piperazine rings is 2. The summed E-state index contributed by atoms with van der Waals surface area (Å²) in [5.41, 5.74) is 3.10. The highest BCUT2D eigenvalue weighted by Crippen LogP contribution is 2.26. The normalized spacial score (nSPS) is 17.8. The number of halogens is 2. The average Bonchev–Trinajstić information content (AvgIpc) is 2.96. The molecule has 2 aliphatic heterocycles. The van der Waals surface area contributed by atoms with Crippen molar-refractivity contribution in [3.63, 3.8) is 0 Å². The predicted octanol–water partition coefficient (Wildman–Crippen LogP) is 4.88. The van der Waals surface area contributed by atoms with Crippen molar-refractivity contribution in [1.82, 2.24) is 19.8 Å². The van der Waals surface area contributed by atoms with E-state index in [0.29, 0.717) is 59.4 Å². The van der Waals surface area contributed by atoms with Crippen LogP contribution in [0.2, 0.25) is 10.2 Å². The summed E-state index contributed by atoms with van der Waals surface area (Å²) in [7, 11) is 0. The van der Waals surface area contributed by atoms with E-state index in [4.69, 9.17) is 28.2 Å². The number of aryl methyl sites for hydroxylation is 1. The molecule has 3 aromatic rings. The van der Waals surface area contributed by atoms with Gasteiger partial charge in [-0.25, -0.2) is 9.97 Å². The van der Waals surface area contributed by atoms with Gasteiger partial charge in [-0.2, -0.15) is 0 Å². The van der Waals surface area contributed by atoms with E-state index < -0.39 is 0 Å². The van der Waals surface area contributed by atoms with Crippen LogP contribution in [-0.2, 0) is 4.79 Å². The van der Waals surface area contributed by atoms with Crippen LogP contribution in [0.5, 0.6) is 0 Å². The van der Waals surface area contributed by atoms with E-state index in [1.165, 1.54) is 23.0 Å². The maximum atomic E-state index is 13.0. The van der Waals surface area contributed by atoms with Crippen molar-refractivity contribution in [1.29, 1.82) is 0 Å². The molecule has 2 saturated heterocycles. The van der Waals surface area contributed by atoms with Crippen LogP contribution in [0, 0.1) is 6.92 Å². The smallest absolute Gasteiger partial charge is 0.254 e. The maximum Gasteiger partial charge on any atom is 0.254 e. The van der Waals surface area contributed by atoms with Gasteiger partial charge in [0.15, 0.2) is 5.16 Å². The molecule has 2 aliphatic rings. The van der Waals surface area contributed by atoms with Crippen LogP contribution >= 0.6 is 35.0 Å². The van der Waals surface area contributed by atoms with E-state index in [-0.39, 0.29) is 23.6 Å². The lowest BCUT2D eigenvalue weighted by atomic mass is 10.1. The van der Waals surface area contributed by atoms with Gasteiger partial charge in [-0.15, -0.1) is 0 Å². The molecule has 8 nitrogen and oxygen atoms in total. The fraction of sp³-hybridized carbons (Fsp3) is 0.379. The molecule has 0 bridgehead atoms. The van der Waals surface area contributed by atoms with Crippen LogP contribution < -0.4 is 9.80 Å². The largest absolute Gasteiger partial charge is 0.368 e. The Morgan fingerprint density at radius 1 is 0.925 bits per heavy atom. The Morgan fingerprint density at radius 3 is 2.33 bits per heavy atom. The molecule has 3 heterocycles. The Hall–Kier alpha value is -3.01. The molecule has 5 rings (SSSR count). The Labute approximate surface area is 249 Å². The van der Waals surface area contributed by atoms with Crippen molar-refractivity contribution in [2.45, 2.75) is 25.0 Å². The standard InChI is InChI=1S/C29H32Cl2N6O2S/c1-20-5-3-4-6-24(20)34-11-13-35(14-12-34)27(38)19-40-29-32-25(31)17-26(33-29)36-15-16-37(21(2)18-36)28(39)22-7-9-23(30)10-8-22/h3-10,17,21H,11-16,18-19H2,1-2H3. The Kier molecular flexibility index (Phi) is 9.03. The van der Waals surface area contributed by atoms with Crippen LogP contribution in [-0.4, -0.2) is 89.2 Å². The Balaban J connectivity index is 1.15. The second-order valence-corrected chi connectivity index (χ2v) is 11.8. The summed E-state index contributed by atoms with van der Waals surface area (Å²) in [6.07, 6.45) is 0. The first-order valence-corrected chi connectivity index (χ1v) is 15.1. The fourth-order valence-electron chi connectivity index (χ4n) is 5.17. The third-order valence-corrected chi connectivity index (χ3v) is 8.66. The highest BCUT2D eigenvalue weighted by atomic mass is 35.5. The van der Waals surface area contributed by atoms with Crippen molar-refractivity contribution in [2.24, 2.45) is 0 Å². The fourth-order valence-corrected chi connectivity index (χ4v) is 6.28. The molecule has 11 heteroatoms. The van der Waals surface area contributed by atoms with Gasteiger partial charge in [0, 0.05) is 74.2 Å². The van der Waals surface area contributed by atoms with Crippen LogP contribution in [0.25, 0.3) is 0 Å². The Morgan fingerprint density at radius 2 is 1.62 bits per heavy atom. The summed E-state index contributed by atoms with van der Waals surface area (Å²) >= 11 is 13.6. The molecule has 0 radical (unpaired) electrons. The van der Waals surface area contributed by atoms with Crippen molar-refractivity contribution in [3.05, 3.63) is 75.9 Å². The summed E-state index contributed by atoms with van der Waals surface area (Å²) in [6.45, 7) is 8.91. The molecule has 1 aromatic heterocycles. The first kappa shape index (κ1) is 28.5. The third kappa shape index (κ3) is 6.65. The summed E-state index contributed by atoms with van der Waals surface area (Å²) < 4.78 is 0. The highest BCUT2D eigenvalue weighted by molar-refractivity contribution is 7.99. The van der Waals surface area contributed by atoms with Crippen molar-refractivity contribution < 1.29 is 9.59 Å². The lowest BCUT2D eigenvalue weighted by molar-refractivity contribution is -0.128. The number of carbonyl (C=O) groups excluding carboxylic acids is 2. The average molecular weight is 600 g/mol. The van der Waals surface area contributed by atoms with E-state index in [9.17, 15) is 9.59 Å². The molecular weight excluding hydrogens is 567 g/mol. The molecule has 0 aliphatic carbocycles. The SMILES string of the molecule is Cc1ccccc1N1CCN(C(=O)CSc2nc(Cl)cc(N3CCN(C(=O)c4ccc(Cl)cc4)C(C)C3)n2)CC1. The lowest BCUT2D eigenvalue weighted by Crippen LogP contribution is -2.54. The van der Waals surface area contributed by atoms with Gasteiger partial charge in [-0.3, -0.25) is 9.59 Å². The van der Waals surface area contributed by atoms with Gasteiger partial charge in [0.1, 0.15) is 11.0 Å². The van der Waals surface area contributed by atoms with Gasteiger partial charge in [0.2, 0.25) is 5.91 Å². The zero-order chi connectivity index (χ0) is 28.2. The van der Waals surface area contributed by atoms with E-state index in [2.05, 4.69) is 39.9 Å². The minimum Gasteiger partial charge on any atom is -0.368 e. The number of hydrogen-bond donors (Lipinski definition) is 0. The van der Waals surface area contributed by atoms with Crippen LogP contribution in [0.15, 0.2) is 59.8 Å². The minimum atomic E-state index is -0.0262. The predicted molar refractivity (Wildman–Crippen MR) is 162 cm³/mol. The molecule has 210 valence electrons. The van der Waals surface area contributed by atoms with Gasteiger partial charge in [-0.05, 0) is 49.7 Å². The second kappa shape index (κ2) is 12.7. The molecule has 1 atom stereocenters. The first-order valence-electron chi connectivity index (χ1n) is 13.4. The number of para-hydroxylation sites is 1. The lowest BCUT2D eigenvalue weighted by Gasteiger charge is -2.40. The van der Waals surface area contributed by atoms with Crippen molar-refractivity contribution in [3.8, 4) is 0 Å². The number of benzene rings is 2. The molecular formula is C29H32Cl2N6O2S. The summed E-state index contributed by atoms with van der Waals surface area (Å²) in [5.74, 6) is 1.01. The van der Waals surface area contributed by atoms with Gasteiger partial charge in [0.25, 0.3) is 5.91 Å². The molecule has 0 N–H and O–H groups in total. The number of amides is 2. The van der Waals surface area contributed by atoms with E-state index in [1.807, 2.05) is 22.8 Å². The molecule has 40 heavy (non-hydrogen) atoms. The summed E-state index contributed by atoms with van der Waals surface area (Å²) in [4.78, 5) is 43.3. The molecule has 0 spiro atoms. The molecule has 2 aromatic carbocycles. The quantitative estimate of drug-likeness (QED) is 0.227. The first-order chi connectivity index (χ1) is 19.3. The van der Waals surface area contributed by atoms with E-state index >= 15 is 0 Å². The number of nitrogens with zero attached hydrogens (tertiary/aromatic N) is 6. The van der Waals surface area contributed by atoms with Crippen LogP contribution in [0.3, 0.4) is 0 Å². The molecule has 2 fully saturated rings. The zero-order valence-electron chi connectivity index (χ0n) is 22.6. The molecule has 0 saturated carbocycles. The van der Waals surface area contributed by atoms with Gasteiger partial charge < -0.3 is 19.6 Å². The van der Waals surface area contributed by atoms with Crippen molar-refractivity contribution >= 4 is 58.3 Å².